The van der Waals surface area contributed by atoms with Crippen LogP contribution in [0.1, 0.15) is 24.3 Å². The molecule has 2 rings (SSSR count). The quantitative estimate of drug-likeness (QED) is 0.906. The molecule has 1 atom stereocenters. The number of amides is 1. The molecule has 0 aliphatic carbocycles. The molecular formula is C15H20N2O3. The summed E-state index contributed by atoms with van der Waals surface area (Å²) >= 11 is 0. The number of rotatable bonds is 4. The van der Waals surface area contributed by atoms with Crippen molar-refractivity contribution in [3.63, 3.8) is 0 Å². The lowest BCUT2D eigenvalue weighted by atomic mass is 9.90. The van der Waals surface area contributed by atoms with Crippen molar-refractivity contribution in [2.24, 2.45) is 0 Å². The van der Waals surface area contributed by atoms with E-state index in [0.29, 0.717) is 25.9 Å². The van der Waals surface area contributed by atoms with E-state index in [9.17, 15) is 14.7 Å². The highest BCUT2D eigenvalue weighted by Crippen LogP contribution is 2.35. The van der Waals surface area contributed by atoms with Crippen LogP contribution < -0.4 is 4.90 Å². The van der Waals surface area contributed by atoms with Crippen LogP contribution in [-0.2, 0) is 9.59 Å². The highest BCUT2D eigenvalue weighted by molar-refractivity contribution is 5.96. The summed E-state index contributed by atoms with van der Waals surface area (Å²) in [6.07, 6.45) is 0.916. The van der Waals surface area contributed by atoms with E-state index in [-0.39, 0.29) is 5.91 Å². The Labute approximate surface area is 118 Å². The number of carboxylic acid groups (broad SMARTS) is 1. The number of anilines is 1. The summed E-state index contributed by atoms with van der Waals surface area (Å²) in [6.45, 7) is 1.17. The summed E-state index contributed by atoms with van der Waals surface area (Å²) in [4.78, 5) is 27.3. The minimum absolute atomic E-state index is 0.0509. The molecule has 1 N–H and O–H groups in total. The standard InChI is InChI=1S/C15H20N2O3/c1-16(2)9-8-14(18)17-10-7-12(15(19)20)11-5-3-4-6-13(11)17/h3-6,12H,7-10H2,1-2H3,(H,19,20). The molecular weight excluding hydrogens is 256 g/mol. The molecule has 1 aromatic rings. The maximum atomic E-state index is 12.3. The second-order valence-corrected chi connectivity index (χ2v) is 5.34. The molecule has 0 saturated carbocycles. The van der Waals surface area contributed by atoms with E-state index in [1.807, 2.05) is 37.2 Å². The maximum Gasteiger partial charge on any atom is 0.311 e. The fraction of sp³-hybridized carbons (Fsp3) is 0.467. The first-order valence-corrected chi connectivity index (χ1v) is 6.77. The van der Waals surface area contributed by atoms with Gasteiger partial charge in [-0.3, -0.25) is 9.59 Å². The van der Waals surface area contributed by atoms with Crippen molar-refractivity contribution in [2.75, 3.05) is 32.1 Å². The van der Waals surface area contributed by atoms with Crippen LogP contribution >= 0.6 is 0 Å². The molecule has 0 aromatic heterocycles. The highest BCUT2D eigenvalue weighted by Gasteiger charge is 2.31. The predicted molar refractivity (Wildman–Crippen MR) is 77.0 cm³/mol. The van der Waals surface area contributed by atoms with Gasteiger partial charge in [0, 0.05) is 25.2 Å². The molecule has 5 nitrogen and oxygen atoms in total. The summed E-state index contributed by atoms with van der Waals surface area (Å²) in [5.74, 6) is -1.28. The lowest BCUT2D eigenvalue weighted by Gasteiger charge is -2.33. The molecule has 1 aliphatic rings. The van der Waals surface area contributed by atoms with Crippen molar-refractivity contribution in [3.8, 4) is 0 Å². The lowest BCUT2D eigenvalue weighted by Crippen LogP contribution is -2.39. The van der Waals surface area contributed by atoms with Crippen molar-refractivity contribution >= 4 is 17.6 Å². The van der Waals surface area contributed by atoms with Crippen LogP contribution in [0.25, 0.3) is 0 Å². The van der Waals surface area contributed by atoms with Gasteiger partial charge in [0.05, 0.1) is 5.92 Å². The Morgan fingerprint density at radius 1 is 1.35 bits per heavy atom. The van der Waals surface area contributed by atoms with Gasteiger partial charge in [-0.05, 0) is 32.1 Å². The number of carbonyl (C=O) groups is 2. The van der Waals surface area contributed by atoms with Crippen LogP contribution in [0.5, 0.6) is 0 Å². The van der Waals surface area contributed by atoms with Gasteiger partial charge in [-0.15, -0.1) is 0 Å². The third kappa shape index (κ3) is 2.99. The number of hydrogen-bond acceptors (Lipinski definition) is 3. The Balaban J connectivity index is 2.23. The first kappa shape index (κ1) is 14.5. The number of carbonyl (C=O) groups excluding carboxylic acids is 1. The number of carboxylic acids is 1. The summed E-state index contributed by atoms with van der Waals surface area (Å²) < 4.78 is 0. The fourth-order valence-electron chi connectivity index (χ4n) is 2.53. The zero-order valence-electron chi connectivity index (χ0n) is 11.9. The zero-order valence-corrected chi connectivity index (χ0v) is 11.9. The molecule has 0 radical (unpaired) electrons. The molecule has 1 unspecified atom stereocenters. The van der Waals surface area contributed by atoms with Crippen molar-refractivity contribution in [1.82, 2.24) is 4.90 Å². The number of fused-ring (bicyclic) bond motifs is 1. The molecule has 20 heavy (non-hydrogen) atoms. The zero-order chi connectivity index (χ0) is 14.7. The summed E-state index contributed by atoms with van der Waals surface area (Å²) in [7, 11) is 3.86. The van der Waals surface area contributed by atoms with Crippen LogP contribution in [0.15, 0.2) is 24.3 Å². The van der Waals surface area contributed by atoms with Gasteiger partial charge in [0.2, 0.25) is 5.91 Å². The largest absolute Gasteiger partial charge is 0.481 e. The third-order valence-electron chi connectivity index (χ3n) is 3.62. The molecule has 1 amide bonds. The molecule has 0 fully saturated rings. The number of nitrogens with zero attached hydrogens (tertiary/aromatic N) is 2. The fourth-order valence-corrected chi connectivity index (χ4v) is 2.53. The molecule has 1 heterocycles. The Hall–Kier alpha value is -1.88. The number of aliphatic carboxylic acids is 1. The van der Waals surface area contributed by atoms with E-state index >= 15 is 0 Å². The lowest BCUT2D eigenvalue weighted by molar-refractivity contribution is -0.139. The second-order valence-electron chi connectivity index (χ2n) is 5.34. The van der Waals surface area contributed by atoms with Gasteiger partial charge < -0.3 is 14.9 Å². The minimum atomic E-state index is -0.821. The van der Waals surface area contributed by atoms with Crippen LogP contribution in [-0.4, -0.2) is 49.1 Å². The number of benzene rings is 1. The Morgan fingerprint density at radius 3 is 2.70 bits per heavy atom. The van der Waals surface area contributed by atoms with E-state index in [4.69, 9.17) is 0 Å². The molecule has 5 heteroatoms. The van der Waals surface area contributed by atoms with E-state index in [1.165, 1.54) is 0 Å². The average molecular weight is 276 g/mol. The van der Waals surface area contributed by atoms with E-state index in [0.717, 1.165) is 11.3 Å². The SMILES string of the molecule is CN(C)CCC(=O)N1CCC(C(=O)O)c2ccccc21. The monoisotopic (exact) mass is 276 g/mol. The maximum absolute atomic E-state index is 12.3. The van der Waals surface area contributed by atoms with Crippen molar-refractivity contribution < 1.29 is 14.7 Å². The first-order valence-electron chi connectivity index (χ1n) is 6.77. The van der Waals surface area contributed by atoms with Gasteiger partial charge in [0.25, 0.3) is 0 Å². The van der Waals surface area contributed by atoms with E-state index < -0.39 is 11.9 Å². The van der Waals surface area contributed by atoms with Gasteiger partial charge in [-0.1, -0.05) is 18.2 Å². The second kappa shape index (κ2) is 6.05. The third-order valence-corrected chi connectivity index (χ3v) is 3.62. The van der Waals surface area contributed by atoms with E-state index in [1.54, 1.807) is 11.0 Å². The topological polar surface area (TPSA) is 60.9 Å². The van der Waals surface area contributed by atoms with Crippen molar-refractivity contribution in [2.45, 2.75) is 18.8 Å². The predicted octanol–water partition coefficient (Wildman–Crippen LogP) is 1.54. The van der Waals surface area contributed by atoms with Gasteiger partial charge in [0.15, 0.2) is 0 Å². The van der Waals surface area contributed by atoms with Crippen molar-refractivity contribution in [3.05, 3.63) is 29.8 Å². The summed E-state index contributed by atoms with van der Waals surface area (Å²) in [6, 6.07) is 7.30. The average Bonchev–Trinajstić information content (AvgIpc) is 2.43. The van der Waals surface area contributed by atoms with Crippen LogP contribution in [0.2, 0.25) is 0 Å². The first-order chi connectivity index (χ1) is 9.50. The molecule has 0 saturated heterocycles. The van der Waals surface area contributed by atoms with Crippen LogP contribution in [0.3, 0.4) is 0 Å². The summed E-state index contributed by atoms with van der Waals surface area (Å²) in [5, 5.41) is 9.28. The Bertz CT molecular complexity index is 514. The smallest absolute Gasteiger partial charge is 0.311 e. The molecule has 1 aromatic carbocycles. The minimum Gasteiger partial charge on any atom is -0.481 e. The van der Waals surface area contributed by atoms with Crippen LogP contribution in [0, 0.1) is 0 Å². The Kier molecular flexibility index (Phi) is 4.39. The summed E-state index contributed by atoms with van der Waals surface area (Å²) in [5.41, 5.74) is 1.49. The number of para-hydroxylation sites is 1. The van der Waals surface area contributed by atoms with Gasteiger partial charge >= 0.3 is 5.97 Å². The highest BCUT2D eigenvalue weighted by atomic mass is 16.4. The molecule has 0 spiro atoms. The van der Waals surface area contributed by atoms with Crippen molar-refractivity contribution in [1.29, 1.82) is 0 Å². The van der Waals surface area contributed by atoms with E-state index in [2.05, 4.69) is 0 Å². The molecule has 108 valence electrons. The van der Waals surface area contributed by atoms with Gasteiger partial charge in [-0.25, -0.2) is 0 Å². The normalized spacial score (nSPS) is 17.9. The molecule has 0 bridgehead atoms. The number of hydrogen-bond donors (Lipinski definition) is 1. The van der Waals surface area contributed by atoms with Gasteiger partial charge in [0.1, 0.15) is 0 Å². The van der Waals surface area contributed by atoms with Gasteiger partial charge in [-0.2, -0.15) is 0 Å². The molecule has 1 aliphatic heterocycles. The van der Waals surface area contributed by atoms with Crippen LogP contribution in [0.4, 0.5) is 5.69 Å². The Morgan fingerprint density at radius 2 is 2.05 bits per heavy atom.